The van der Waals surface area contributed by atoms with Crippen molar-refractivity contribution < 1.29 is 19.6 Å². The number of amides is 1. The van der Waals surface area contributed by atoms with Crippen molar-refractivity contribution in [2.75, 3.05) is 5.75 Å². The van der Waals surface area contributed by atoms with E-state index in [0.29, 0.717) is 0 Å². The van der Waals surface area contributed by atoms with Crippen LogP contribution < -0.4 is 5.32 Å². The molecule has 108 valence electrons. The third-order valence-corrected chi connectivity index (χ3v) is 4.29. The van der Waals surface area contributed by atoms with Gasteiger partial charge in [0, 0.05) is 24.9 Å². The van der Waals surface area contributed by atoms with Crippen LogP contribution in [0.3, 0.4) is 0 Å². The van der Waals surface area contributed by atoms with Crippen LogP contribution in [0.5, 0.6) is 0 Å². The minimum absolute atomic E-state index is 0.0628. The molecule has 8 nitrogen and oxygen atoms in total. The molecule has 1 atom stereocenters. The van der Waals surface area contributed by atoms with Crippen molar-refractivity contribution >= 4 is 39.2 Å². The molecule has 20 heavy (non-hydrogen) atoms. The van der Waals surface area contributed by atoms with Crippen LogP contribution in [0.25, 0.3) is 0 Å². The van der Waals surface area contributed by atoms with E-state index in [1.165, 1.54) is 25.3 Å². The molecule has 1 amide bonds. The summed E-state index contributed by atoms with van der Waals surface area (Å²) in [6.07, 6.45) is 1.42. The van der Waals surface area contributed by atoms with E-state index >= 15 is 0 Å². The molecule has 1 heterocycles. The van der Waals surface area contributed by atoms with Gasteiger partial charge in [0.2, 0.25) is 5.91 Å². The number of rotatable bonds is 7. The van der Waals surface area contributed by atoms with Crippen molar-refractivity contribution in [1.82, 2.24) is 10.3 Å². The van der Waals surface area contributed by atoms with Gasteiger partial charge in [-0.15, -0.1) is 0 Å². The third-order valence-electron chi connectivity index (χ3n) is 2.00. The lowest BCUT2D eigenvalue weighted by atomic mass is 10.3. The van der Waals surface area contributed by atoms with Crippen LogP contribution in [-0.4, -0.2) is 38.7 Å². The summed E-state index contributed by atoms with van der Waals surface area (Å²) in [4.78, 5) is 35.8. The molecule has 0 saturated carbocycles. The fourth-order valence-corrected chi connectivity index (χ4v) is 3.37. The molecular formula is C10H11N3O5S2. The summed E-state index contributed by atoms with van der Waals surface area (Å²) in [6.45, 7) is 1.22. The van der Waals surface area contributed by atoms with Crippen LogP contribution in [-0.2, 0) is 9.59 Å². The predicted octanol–water partition coefficient (Wildman–Crippen LogP) is 1.32. The van der Waals surface area contributed by atoms with Gasteiger partial charge >= 0.3 is 11.7 Å². The maximum Gasteiger partial charge on any atom is 0.327 e. The molecule has 0 aliphatic rings. The van der Waals surface area contributed by atoms with Crippen LogP contribution in [0, 0.1) is 10.1 Å². The summed E-state index contributed by atoms with van der Waals surface area (Å²) in [5.74, 6) is -1.55. The molecule has 0 bridgehead atoms. The predicted molar refractivity (Wildman–Crippen MR) is 74.4 cm³/mol. The Kier molecular flexibility index (Phi) is 6.25. The molecule has 1 rings (SSSR count). The first kappa shape index (κ1) is 16.2. The maximum absolute atomic E-state index is 10.9. The number of pyridine rings is 1. The van der Waals surface area contributed by atoms with Gasteiger partial charge in [0.05, 0.1) is 4.92 Å². The molecule has 0 fully saturated rings. The molecule has 0 saturated heterocycles. The van der Waals surface area contributed by atoms with Gasteiger partial charge in [0.25, 0.3) is 0 Å². The van der Waals surface area contributed by atoms with Crippen LogP contribution in [0.15, 0.2) is 23.4 Å². The molecule has 1 aromatic rings. The molecule has 0 aliphatic heterocycles. The number of carbonyl (C=O) groups is 2. The quantitative estimate of drug-likeness (QED) is 0.438. The zero-order chi connectivity index (χ0) is 15.1. The summed E-state index contributed by atoms with van der Waals surface area (Å²) in [5.41, 5.74) is -0.142. The average molecular weight is 317 g/mol. The molecule has 10 heteroatoms. The Balaban J connectivity index is 2.61. The molecule has 1 aromatic heterocycles. The molecule has 2 N–H and O–H groups in total. The number of hydrogen-bond acceptors (Lipinski definition) is 7. The Morgan fingerprint density at radius 1 is 1.60 bits per heavy atom. The molecular weight excluding hydrogens is 306 g/mol. The first-order valence-corrected chi connectivity index (χ1v) is 7.62. The zero-order valence-electron chi connectivity index (χ0n) is 10.3. The second-order valence-electron chi connectivity index (χ2n) is 3.54. The summed E-state index contributed by atoms with van der Waals surface area (Å²) < 4.78 is 0. The number of nitrogens with one attached hydrogen (secondary N) is 1. The van der Waals surface area contributed by atoms with E-state index in [2.05, 4.69) is 10.3 Å². The second kappa shape index (κ2) is 7.70. The third kappa shape index (κ3) is 5.05. The minimum Gasteiger partial charge on any atom is -0.480 e. The van der Waals surface area contributed by atoms with Crippen molar-refractivity contribution in [1.29, 1.82) is 0 Å². The van der Waals surface area contributed by atoms with Gasteiger partial charge in [0.1, 0.15) is 6.04 Å². The topological polar surface area (TPSA) is 122 Å². The van der Waals surface area contributed by atoms with E-state index in [1.807, 2.05) is 0 Å². The number of carbonyl (C=O) groups excluding carboxylic acids is 1. The van der Waals surface area contributed by atoms with E-state index in [0.717, 1.165) is 21.6 Å². The lowest BCUT2D eigenvalue weighted by Crippen LogP contribution is -2.41. The average Bonchev–Trinajstić information content (AvgIpc) is 2.37. The number of nitrogens with zero attached hydrogens (tertiary/aromatic N) is 2. The van der Waals surface area contributed by atoms with Crippen LogP contribution in [0.1, 0.15) is 6.92 Å². The Bertz CT molecular complexity index is 525. The van der Waals surface area contributed by atoms with Gasteiger partial charge in [-0.05, 0) is 16.9 Å². The highest BCUT2D eigenvalue weighted by atomic mass is 33.1. The summed E-state index contributed by atoms with van der Waals surface area (Å²) in [7, 11) is 2.07. The van der Waals surface area contributed by atoms with Crippen LogP contribution in [0.2, 0.25) is 0 Å². The smallest absolute Gasteiger partial charge is 0.327 e. The fourth-order valence-electron chi connectivity index (χ4n) is 1.16. The van der Waals surface area contributed by atoms with Gasteiger partial charge < -0.3 is 10.4 Å². The standard InChI is InChI=1S/C10H11N3O5S2/c1-6(14)12-7(10(15)16)5-19-20-9-8(13(17)18)3-2-4-11-9/h2-4,7H,5H2,1H3,(H,12,14)(H,15,16)/t7-/m0/s1. The molecule has 0 aliphatic carbocycles. The van der Waals surface area contributed by atoms with Crippen LogP contribution >= 0.6 is 21.6 Å². The fraction of sp³-hybridized carbons (Fsp3) is 0.300. The van der Waals surface area contributed by atoms with Crippen molar-refractivity contribution in [3.63, 3.8) is 0 Å². The largest absolute Gasteiger partial charge is 0.480 e. The Morgan fingerprint density at radius 3 is 2.85 bits per heavy atom. The molecule has 0 unspecified atom stereocenters. The van der Waals surface area contributed by atoms with E-state index < -0.39 is 22.8 Å². The Labute approximate surface area is 121 Å². The molecule has 0 radical (unpaired) electrons. The molecule has 0 aromatic carbocycles. The number of aromatic nitrogens is 1. The number of aliphatic carboxylic acids is 1. The number of hydrogen-bond donors (Lipinski definition) is 2. The first-order valence-electron chi connectivity index (χ1n) is 5.30. The van der Waals surface area contributed by atoms with Crippen molar-refractivity contribution in [3.05, 3.63) is 28.4 Å². The maximum atomic E-state index is 10.9. The van der Waals surface area contributed by atoms with Crippen molar-refractivity contribution in [2.45, 2.75) is 18.0 Å². The first-order chi connectivity index (χ1) is 9.41. The van der Waals surface area contributed by atoms with Gasteiger partial charge in [-0.25, -0.2) is 9.78 Å². The van der Waals surface area contributed by atoms with E-state index in [4.69, 9.17) is 5.11 Å². The van der Waals surface area contributed by atoms with Crippen molar-refractivity contribution in [3.8, 4) is 0 Å². The summed E-state index contributed by atoms with van der Waals surface area (Å²) in [5, 5.41) is 22.1. The number of carboxylic acids is 1. The SMILES string of the molecule is CC(=O)N[C@@H](CSSc1ncccc1[N+](=O)[O-])C(=O)O. The summed E-state index contributed by atoms with van der Waals surface area (Å²) in [6, 6.07) is 1.72. The molecule has 0 spiro atoms. The highest BCUT2D eigenvalue weighted by Gasteiger charge is 2.20. The lowest BCUT2D eigenvalue weighted by Gasteiger charge is -2.11. The van der Waals surface area contributed by atoms with Gasteiger partial charge in [-0.3, -0.25) is 14.9 Å². The monoisotopic (exact) mass is 317 g/mol. The number of nitro groups is 1. The number of carboxylic acid groups (broad SMARTS) is 1. The highest BCUT2D eigenvalue weighted by Crippen LogP contribution is 2.35. The van der Waals surface area contributed by atoms with Gasteiger partial charge in [0.15, 0.2) is 5.03 Å². The van der Waals surface area contributed by atoms with Gasteiger partial charge in [-0.2, -0.15) is 0 Å². The second-order valence-corrected chi connectivity index (χ2v) is 5.87. The van der Waals surface area contributed by atoms with Gasteiger partial charge in [-0.1, -0.05) is 10.8 Å². The minimum atomic E-state index is -1.16. The van der Waals surface area contributed by atoms with E-state index in [-0.39, 0.29) is 16.5 Å². The Hall–Kier alpha value is -1.81. The van der Waals surface area contributed by atoms with Crippen molar-refractivity contribution in [2.24, 2.45) is 0 Å². The van der Waals surface area contributed by atoms with E-state index in [1.54, 1.807) is 0 Å². The normalized spacial score (nSPS) is 11.7. The highest BCUT2D eigenvalue weighted by molar-refractivity contribution is 8.76. The van der Waals surface area contributed by atoms with E-state index in [9.17, 15) is 19.7 Å². The Morgan fingerprint density at radius 2 is 2.30 bits per heavy atom. The summed E-state index contributed by atoms with van der Waals surface area (Å²) >= 11 is 0. The lowest BCUT2D eigenvalue weighted by molar-refractivity contribution is -0.388. The van der Waals surface area contributed by atoms with Crippen LogP contribution in [0.4, 0.5) is 5.69 Å². The zero-order valence-corrected chi connectivity index (χ0v) is 11.9.